The van der Waals surface area contributed by atoms with Gasteiger partial charge in [0, 0.05) is 11.8 Å². The summed E-state index contributed by atoms with van der Waals surface area (Å²) in [5.74, 6) is -0.497. The van der Waals surface area contributed by atoms with Crippen LogP contribution in [0.3, 0.4) is 0 Å². The third kappa shape index (κ3) is 3.13. The van der Waals surface area contributed by atoms with Gasteiger partial charge in [-0.1, -0.05) is 30.3 Å². The molecule has 2 rings (SSSR count). The van der Waals surface area contributed by atoms with Crippen LogP contribution in [0.25, 0.3) is 0 Å². The molecule has 0 saturated carbocycles. The predicted molar refractivity (Wildman–Crippen MR) is 77.9 cm³/mol. The highest BCUT2D eigenvalue weighted by atomic mass is 16.1. The molecular formula is C15H13N3O. The number of amides is 1. The van der Waals surface area contributed by atoms with Crippen molar-refractivity contribution in [2.24, 2.45) is 15.7 Å². The summed E-state index contributed by atoms with van der Waals surface area (Å²) < 4.78 is 0. The first-order chi connectivity index (χ1) is 9.20. The van der Waals surface area contributed by atoms with Crippen molar-refractivity contribution in [2.75, 3.05) is 0 Å². The molecular weight excluding hydrogens is 238 g/mol. The summed E-state index contributed by atoms with van der Waals surface area (Å²) in [4.78, 5) is 19.3. The van der Waals surface area contributed by atoms with Gasteiger partial charge in [-0.25, -0.2) is 0 Å². The number of nitrogens with two attached hydrogens (primary N) is 1. The fourth-order valence-electron chi connectivity index (χ4n) is 1.60. The average molecular weight is 251 g/mol. The molecule has 4 heteroatoms. The second kappa shape index (κ2) is 5.73. The van der Waals surface area contributed by atoms with Crippen molar-refractivity contribution in [2.45, 2.75) is 0 Å². The Labute approximate surface area is 111 Å². The van der Waals surface area contributed by atoms with Gasteiger partial charge in [0.1, 0.15) is 0 Å². The van der Waals surface area contributed by atoms with Gasteiger partial charge >= 0.3 is 0 Å². The van der Waals surface area contributed by atoms with E-state index in [4.69, 9.17) is 5.73 Å². The monoisotopic (exact) mass is 251 g/mol. The van der Waals surface area contributed by atoms with E-state index in [0.29, 0.717) is 16.9 Å². The molecule has 0 atom stereocenters. The highest BCUT2D eigenvalue weighted by Gasteiger charge is 2.04. The molecule has 0 unspecified atom stereocenters. The zero-order valence-electron chi connectivity index (χ0n) is 10.3. The van der Waals surface area contributed by atoms with Crippen molar-refractivity contribution in [1.82, 2.24) is 0 Å². The Hall–Kier alpha value is -2.75. The van der Waals surface area contributed by atoms with Crippen LogP contribution < -0.4 is 5.73 Å². The van der Waals surface area contributed by atoms with E-state index in [0.717, 1.165) is 5.56 Å². The van der Waals surface area contributed by atoms with Gasteiger partial charge in [0.15, 0.2) is 0 Å². The second-order valence-electron chi connectivity index (χ2n) is 3.89. The van der Waals surface area contributed by atoms with E-state index in [-0.39, 0.29) is 0 Å². The zero-order valence-corrected chi connectivity index (χ0v) is 10.3. The largest absolute Gasteiger partial charge is 0.366 e. The van der Waals surface area contributed by atoms with Crippen molar-refractivity contribution < 1.29 is 4.79 Å². The SMILES string of the molecule is C=Nc1cc(C(N)=O)ccc1/N=C/c1ccccc1. The Morgan fingerprint density at radius 3 is 2.47 bits per heavy atom. The molecule has 19 heavy (non-hydrogen) atoms. The third-order valence-electron chi connectivity index (χ3n) is 2.58. The number of carbonyl (C=O) groups is 1. The molecule has 0 bridgehead atoms. The Morgan fingerprint density at radius 1 is 1.11 bits per heavy atom. The molecule has 2 aromatic rings. The summed E-state index contributed by atoms with van der Waals surface area (Å²) >= 11 is 0. The van der Waals surface area contributed by atoms with Crippen molar-refractivity contribution in [1.29, 1.82) is 0 Å². The summed E-state index contributed by atoms with van der Waals surface area (Å²) in [6.07, 6.45) is 1.73. The molecule has 0 aliphatic rings. The normalized spacial score (nSPS) is 10.5. The minimum absolute atomic E-state index is 0.390. The Kier molecular flexibility index (Phi) is 3.83. The van der Waals surface area contributed by atoms with E-state index in [1.807, 2.05) is 30.3 Å². The maximum atomic E-state index is 11.1. The standard InChI is InChI=1S/C15H13N3O/c1-17-14-9-12(15(16)19)7-8-13(14)18-10-11-5-3-2-4-6-11/h2-10H,1H2,(H2,16,19)/b18-10+. The van der Waals surface area contributed by atoms with Crippen LogP contribution in [0.5, 0.6) is 0 Å². The van der Waals surface area contributed by atoms with E-state index in [1.54, 1.807) is 24.4 Å². The summed E-state index contributed by atoms with van der Waals surface area (Å²) in [6, 6.07) is 14.6. The molecule has 0 aliphatic carbocycles. The summed E-state index contributed by atoms with van der Waals surface area (Å²) in [5.41, 5.74) is 7.76. The van der Waals surface area contributed by atoms with Crippen molar-refractivity contribution in [3.8, 4) is 0 Å². The zero-order chi connectivity index (χ0) is 13.7. The lowest BCUT2D eigenvalue weighted by Gasteiger charge is -2.02. The fraction of sp³-hybridized carbons (Fsp3) is 0. The van der Waals surface area contributed by atoms with Crippen LogP contribution in [0, 0.1) is 0 Å². The number of rotatable bonds is 4. The van der Waals surface area contributed by atoms with Gasteiger partial charge in [0.05, 0.1) is 11.4 Å². The lowest BCUT2D eigenvalue weighted by atomic mass is 10.1. The van der Waals surface area contributed by atoms with Gasteiger partial charge in [-0.05, 0) is 30.5 Å². The van der Waals surface area contributed by atoms with Crippen LogP contribution in [0.4, 0.5) is 11.4 Å². The fourth-order valence-corrected chi connectivity index (χ4v) is 1.60. The molecule has 0 saturated heterocycles. The number of benzene rings is 2. The maximum absolute atomic E-state index is 11.1. The van der Waals surface area contributed by atoms with Crippen LogP contribution in [0.2, 0.25) is 0 Å². The minimum atomic E-state index is -0.497. The van der Waals surface area contributed by atoms with E-state index < -0.39 is 5.91 Å². The third-order valence-corrected chi connectivity index (χ3v) is 2.58. The Bertz CT molecular complexity index is 633. The van der Waals surface area contributed by atoms with E-state index >= 15 is 0 Å². The van der Waals surface area contributed by atoms with Gasteiger partial charge in [0.2, 0.25) is 5.91 Å². The van der Waals surface area contributed by atoms with E-state index in [2.05, 4.69) is 16.7 Å². The molecule has 0 radical (unpaired) electrons. The lowest BCUT2D eigenvalue weighted by molar-refractivity contribution is 0.100. The number of hydrogen-bond acceptors (Lipinski definition) is 3. The summed E-state index contributed by atoms with van der Waals surface area (Å²) in [7, 11) is 0. The first kappa shape index (κ1) is 12.7. The van der Waals surface area contributed by atoms with E-state index in [1.165, 1.54) is 0 Å². The number of primary amides is 1. The second-order valence-corrected chi connectivity index (χ2v) is 3.89. The first-order valence-electron chi connectivity index (χ1n) is 5.70. The van der Waals surface area contributed by atoms with Crippen LogP contribution in [0.15, 0.2) is 58.5 Å². The molecule has 0 spiro atoms. The predicted octanol–water partition coefficient (Wildman–Crippen LogP) is 2.87. The highest BCUT2D eigenvalue weighted by molar-refractivity contribution is 5.95. The van der Waals surface area contributed by atoms with Gasteiger partial charge in [-0.2, -0.15) is 0 Å². The average Bonchev–Trinajstić information content (AvgIpc) is 2.45. The van der Waals surface area contributed by atoms with Crippen LogP contribution in [0.1, 0.15) is 15.9 Å². The van der Waals surface area contributed by atoms with Gasteiger partial charge in [-0.3, -0.25) is 14.8 Å². The molecule has 0 aliphatic heterocycles. The minimum Gasteiger partial charge on any atom is -0.366 e. The molecule has 4 nitrogen and oxygen atoms in total. The lowest BCUT2D eigenvalue weighted by Crippen LogP contribution is -2.10. The van der Waals surface area contributed by atoms with Crippen molar-refractivity contribution in [3.05, 3.63) is 59.7 Å². The topological polar surface area (TPSA) is 67.8 Å². The molecule has 0 fully saturated rings. The molecule has 2 N–H and O–H groups in total. The van der Waals surface area contributed by atoms with Crippen LogP contribution in [-0.2, 0) is 0 Å². The maximum Gasteiger partial charge on any atom is 0.248 e. The molecule has 94 valence electrons. The molecule has 0 aromatic heterocycles. The van der Waals surface area contributed by atoms with Crippen LogP contribution in [-0.4, -0.2) is 18.8 Å². The van der Waals surface area contributed by atoms with Gasteiger partial charge < -0.3 is 5.73 Å². The first-order valence-corrected chi connectivity index (χ1v) is 5.70. The number of aliphatic imine (C=N–C) groups is 2. The molecule has 2 aromatic carbocycles. The summed E-state index contributed by atoms with van der Waals surface area (Å²) in [5, 5.41) is 0. The number of hydrogen-bond donors (Lipinski definition) is 1. The molecule has 0 heterocycles. The quantitative estimate of drug-likeness (QED) is 0.834. The Balaban J connectivity index is 2.33. The van der Waals surface area contributed by atoms with Crippen LogP contribution >= 0.6 is 0 Å². The highest BCUT2D eigenvalue weighted by Crippen LogP contribution is 2.28. The number of nitrogens with zero attached hydrogens (tertiary/aromatic N) is 2. The summed E-state index contributed by atoms with van der Waals surface area (Å²) in [6.45, 7) is 3.47. The van der Waals surface area contributed by atoms with Gasteiger partial charge in [0.25, 0.3) is 0 Å². The molecule has 1 amide bonds. The van der Waals surface area contributed by atoms with Crippen molar-refractivity contribution in [3.63, 3.8) is 0 Å². The van der Waals surface area contributed by atoms with Gasteiger partial charge in [-0.15, -0.1) is 0 Å². The number of carbonyl (C=O) groups excluding carboxylic acids is 1. The Morgan fingerprint density at radius 2 is 1.84 bits per heavy atom. The van der Waals surface area contributed by atoms with Crippen molar-refractivity contribution >= 4 is 30.2 Å². The smallest absolute Gasteiger partial charge is 0.248 e. The van der Waals surface area contributed by atoms with E-state index in [9.17, 15) is 4.79 Å².